The Morgan fingerprint density at radius 2 is 1.93 bits per heavy atom. The molecule has 0 saturated heterocycles. The largest absolute Gasteiger partial charge is 0.438 e. The lowest BCUT2D eigenvalue weighted by Gasteiger charge is -2.40. The van der Waals surface area contributed by atoms with Gasteiger partial charge in [-0.05, 0) is 45.9 Å². The number of ether oxygens (including phenoxy) is 1. The fourth-order valence-corrected chi connectivity index (χ4v) is 3.12. The lowest BCUT2D eigenvalue weighted by Crippen LogP contribution is -2.46. The van der Waals surface area contributed by atoms with Crippen molar-refractivity contribution in [1.29, 1.82) is 0 Å². The molecule has 1 aliphatic heterocycles. The molecule has 1 aromatic heterocycles. The number of carbonyl (C=O) groups excluding carboxylic acids is 2. The van der Waals surface area contributed by atoms with Crippen LogP contribution in [0.15, 0.2) is 36.7 Å². The van der Waals surface area contributed by atoms with Gasteiger partial charge in [0.25, 0.3) is 11.6 Å². The van der Waals surface area contributed by atoms with Crippen LogP contribution in [0.4, 0.5) is 21.9 Å². The van der Waals surface area contributed by atoms with Crippen molar-refractivity contribution in [2.75, 3.05) is 10.2 Å². The molecule has 9 nitrogen and oxygen atoms in total. The molecular weight excluding hydrogens is 364 g/mol. The van der Waals surface area contributed by atoms with E-state index in [1.165, 1.54) is 41.6 Å². The predicted octanol–water partition coefficient (Wildman–Crippen LogP) is 3.84. The Bertz CT molecular complexity index is 956. The van der Waals surface area contributed by atoms with Gasteiger partial charge in [-0.1, -0.05) is 0 Å². The highest BCUT2D eigenvalue weighted by Gasteiger charge is 2.41. The van der Waals surface area contributed by atoms with E-state index in [0.717, 1.165) is 0 Å². The number of nitrogens with one attached hydrogen (secondary N) is 1. The van der Waals surface area contributed by atoms with Crippen molar-refractivity contribution in [2.24, 2.45) is 0 Å². The predicted molar refractivity (Wildman–Crippen MR) is 102 cm³/mol. The van der Waals surface area contributed by atoms with Crippen LogP contribution in [0.1, 0.15) is 43.6 Å². The number of rotatable bonds is 4. The van der Waals surface area contributed by atoms with Gasteiger partial charge >= 0.3 is 6.09 Å². The number of carbonyl (C=O) groups is 2. The van der Waals surface area contributed by atoms with Gasteiger partial charge in [0.1, 0.15) is 11.3 Å². The van der Waals surface area contributed by atoms with E-state index in [4.69, 9.17) is 4.74 Å². The summed E-state index contributed by atoms with van der Waals surface area (Å²) in [5, 5.41) is 14.2. The number of fused-ring (bicyclic) bond motifs is 1. The summed E-state index contributed by atoms with van der Waals surface area (Å²) in [6, 6.07) is 5.55. The second kappa shape index (κ2) is 6.91. The first-order chi connectivity index (χ1) is 13.1. The maximum atomic E-state index is 12.5. The van der Waals surface area contributed by atoms with Crippen molar-refractivity contribution in [3.63, 3.8) is 0 Å². The van der Waals surface area contributed by atoms with Crippen LogP contribution in [0.5, 0.6) is 0 Å². The number of benzene rings is 1. The molecule has 0 bridgehead atoms. The van der Waals surface area contributed by atoms with Crippen LogP contribution in [-0.2, 0) is 10.3 Å². The summed E-state index contributed by atoms with van der Waals surface area (Å²) < 4.78 is 5.52. The van der Waals surface area contributed by atoms with E-state index in [2.05, 4.69) is 10.3 Å². The number of hydrogen-bond donors (Lipinski definition) is 1. The SMILES string of the molecule is CC(C)N1C(=O)OC(C)(C)c2cc(NC(=O)c3ccncc3)c([N+](=O)[O-])cc21. The first-order valence-electron chi connectivity index (χ1n) is 8.68. The first kappa shape index (κ1) is 19.3. The molecule has 2 amide bonds. The summed E-state index contributed by atoms with van der Waals surface area (Å²) in [5.41, 5.74) is -0.0151. The molecule has 28 heavy (non-hydrogen) atoms. The highest BCUT2D eigenvalue weighted by atomic mass is 16.6. The normalized spacial score (nSPS) is 15.0. The van der Waals surface area contributed by atoms with Crippen LogP contribution < -0.4 is 10.2 Å². The van der Waals surface area contributed by atoms with E-state index in [0.29, 0.717) is 16.8 Å². The minimum Gasteiger partial charge on any atom is -0.438 e. The fourth-order valence-electron chi connectivity index (χ4n) is 3.12. The standard InChI is InChI=1S/C19H20N4O5/c1-11(2)22-15-10-16(23(26)27)14(9-13(15)19(3,4)28-18(22)25)21-17(24)12-5-7-20-8-6-12/h5-11H,1-4H3,(H,21,24). The molecule has 146 valence electrons. The topological polar surface area (TPSA) is 115 Å². The molecule has 0 aliphatic carbocycles. The highest BCUT2D eigenvalue weighted by Crippen LogP contribution is 2.44. The minimum absolute atomic E-state index is 0.0280. The second-order valence-electron chi connectivity index (χ2n) is 7.18. The number of hydrogen-bond acceptors (Lipinski definition) is 6. The molecule has 2 aromatic rings. The van der Waals surface area contributed by atoms with Crippen molar-refractivity contribution in [1.82, 2.24) is 4.98 Å². The number of nitro benzene ring substituents is 1. The van der Waals surface area contributed by atoms with Gasteiger partial charge in [-0.25, -0.2) is 4.79 Å². The molecule has 0 fully saturated rings. The zero-order valence-electron chi connectivity index (χ0n) is 15.9. The fraction of sp³-hybridized carbons (Fsp3) is 0.316. The third kappa shape index (κ3) is 3.38. The van der Waals surface area contributed by atoms with Crippen LogP contribution in [0.2, 0.25) is 0 Å². The molecule has 0 spiro atoms. The highest BCUT2D eigenvalue weighted by molar-refractivity contribution is 6.06. The molecular formula is C19H20N4O5. The number of aromatic nitrogens is 1. The zero-order valence-corrected chi connectivity index (χ0v) is 15.9. The number of nitro groups is 1. The van der Waals surface area contributed by atoms with Crippen LogP contribution >= 0.6 is 0 Å². The Hall–Kier alpha value is -3.49. The van der Waals surface area contributed by atoms with Crippen molar-refractivity contribution in [3.05, 3.63) is 57.9 Å². The van der Waals surface area contributed by atoms with Gasteiger partial charge in [0.05, 0.1) is 10.6 Å². The lowest BCUT2D eigenvalue weighted by atomic mass is 9.92. The Balaban J connectivity index is 2.13. The molecule has 9 heteroatoms. The van der Waals surface area contributed by atoms with Crippen LogP contribution in [0, 0.1) is 10.1 Å². The third-order valence-electron chi connectivity index (χ3n) is 4.47. The number of pyridine rings is 1. The number of amides is 2. The van der Waals surface area contributed by atoms with Crippen LogP contribution in [-0.4, -0.2) is 27.9 Å². The van der Waals surface area contributed by atoms with Gasteiger partial charge in [0.2, 0.25) is 0 Å². The van der Waals surface area contributed by atoms with Gasteiger partial charge in [0, 0.05) is 35.6 Å². The zero-order chi connectivity index (χ0) is 20.6. The molecule has 0 unspecified atom stereocenters. The summed E-state index contributed by atoms with van der Waals surface area (Å²) >= 11 is 0. The van der Waals surface area contributed by atoms with Crippen molar-refractivity contribution >= 4 is 29.1 Å². The van der Waals surface area contributed by atoms with E-state index in [1.807, 2.05) is 0 Å². The Kier molecular flexibility index (Phi) is 4.76. The maximum absolute atomic E-state index is 12.5. The van der Waals surface area contributed by atoms with E-state index in [1.54, 1.807) is 27.7 Å². The second-order valence-corrected chi connectivity index (χ2v) is 7.18. The molecule has 0 saturated carbocycles. The molecule has 3 rings (SSSR count). The molecule has 1 N–H and O–H groups in total. The smallest absolute Gasteiger partial charge is 0.415 e. The van der Waals surface area contributed by atoms with Gasteiger partial charge < -0.3 is 10.1 Å². The molecule has 0 atom stereocenters. The maximum Gasteiger partial charge on any atom is 0.415 e. The average Bonchev–Trinajstić information content (AvgIpc) is 2.61. The summed E-state index contributed by atoms with van der Waals surface area (Å²) in [4.78, 5) is 41.2. The minimum atomic E-state index is -1.01. The summed E-state index contributed by atoms with van der Waals surface area (Å²) in [6.45, 7) is 6.96. The van der Waals surface area contributed by atoms with Gasteiger partial charge in [-0.2, -0.15) is 0 Å². The van der Waals surface area contributed by atoms with Crippen molar-refractivity contribution in [2.45, 2.75) is 39.3 Å². The number of anilines is 2. The van der Waals surface area contributed by atoms with E-state index in [-0.39, 0.29) is 17.4 Å². The quantitative estimate of drug-likeness (QED) is 0.632. The summed E-state index contributed by atoms with van der Waals surface area (Å²) in [7, 11) is 0. The summed E-state index contributed by atoms with van der Waals surface area (Å²) in [6.07, 6.45) is 2.34. The molecule has 1 aliphatic rings. The number of nitrogens with zero attached hydrogens (tertiary/aromatic N) is 3. The lowest BCUT2D eigenvalue weighted by molar-refractivity contribution is -0.383. The number of cyclic esters (lactones) is 1. The monoisotopic (exact) mass is 384 g/mol. The molecule has 2 heterocycles. The summed E-state index contributed by atoms with van der Waals surface area (Å²) in [5.74, 6) is -0.503. The van der Waals surface area contributed by atoms with Gasteiger partial charge in [-0.3, -0.25) is 24.8 Å². The Morgan fingerprint density at radius 3 is 2.50 bits per heavy atom. The van der Waals surface area contributed by atoms with E-state index < -0.39 is 22.5 Å². The van der Waals surface area contributed by atoms with Crippen molar-refractivity contribution in [3.8, 4) is 0 Å². The van der Waals surface area contributed by atoms with Gasteiger partial charge in [0.15, 0.2) is 0 Å². The van der Waals surface area contributed by atoms with Crippen molar-refractivity contribution < 1.29 is 19.2 Å². The first-order valence-corrected chi connectivity index (χ1v) is 8.68. The van der Waals surface area contributed by atoms with E-state index >= 15 is 0 Å². The van der Waals surface area contributed by atoms with Crippen LogP contribution in [0.3, 0.4) is 0 Å². The third-order valence-corrected chi connectivity index (χ3v) is 4.47. The average molecular weight is 384 g/mol. The van der Waals surface area contributed by atoms with Crippen LogP contribution in [0.25, 0.3) is 0 Å². The van der Waals surface area contributed by atoms with E-state index in [9.17, 15) is 19.7 Å². The molecule has 0 radical (unpaired) electrons. The van der Waals surface area contributed by atoms with Gasteiger partial charge in [-0.15, -0.1) is 0 Å². The Morgan fingerprint density at radius 1 is 1.29 bits per heavy atom. The molecule has 1 aromatic carbocycles. The Labute approximate surface area is 161 Å².